The van der Waals surface area contributed by atoms with Crippen molar-refractivity contribution in [2.24, 2.45) is 0 Å². The number of pyridine rings is 1. The predicted octanol–water partition coefficient (Wildman–Crippen LogP) is 2.81. The molecule has 0 spiro atoms. The van der Waals surface area contributed by atoms with E-state index < -0.39 is 0 Å². The van der Waals surface area contributed by atoms with Crippen LogP contribution in [-0.2, 0) is 6.54 Å². The van der Waals surface area contributed by atoms with E-state index in [1.54, 1.807) is 0 Å². The highest BCUT2D eigenvalue weighted by Crippen LogP contribution is 2.28. The maximum absolute atomic E-state index is 4.65. The average Bonchev–Trinajstić information content (AvgIpc) is 3.11. The SMILES string of the molecule is Cc1ccnc(N2CCC[C@H](c3nccn3Cc3ccccn3)C2)n1. The van der Waals surface area contributed by atoms with Gasteiger partial charge in [0.2, 0.25) is 5.95 Å². The predicted molar refractivity (Wildman–Crippen MR) is 96.5 cm³/mol. The lowest BCUT2D eigenvalue weighted by molar-refractivity contribution is 0.470. The van der Waals surface area contributed by atoms with Gasteiger partial charge in [0.25, 0.3) is 0 Å². The Bertz CT molecular complexity index is 829. The van der Waals surface area contributed by atoms with E-state index in [9.17, 15) is 0 Å². The largest absolute Gasteiger partial charge is 0.340 e. The lowest BCUT2D eigenvalue weighted by Crippen LogP contribution is -2.36. The number of imidazole rings is 1. The molecule has 0 unspecified atom stereocenters. The van der Waals surface area contributed by atoms with Crippen molar-refractivity contribution >= 4 is 5.95 Å². The van der Waals surface area contributed by atoms with E-state index in [1.165, 1.54) is 0 Å². The molecular weight excluding hydrogens is 312 g/mol. The van der Waals surface area contributed by atoms with Crippen LogP contribution in [0.25, 0.3) is 0 Å². The van der Waals surface area contributed by atoms with Gasteiger partial charge in [-0.05, 0) is 38.0 Å². The summed E-state index contributed by atoms with van der Waals surface area (Å²) < 4.78 is 2.22. The first-order chi connectivity index (χ1) is 12.3. The van der Waals surface area contributed by atoms with E-state index in [0.29, 0.717) is 5.92 Å². The van der Waals surface area contributed by atoms with E-state index in [1.807, 2.05) is 49.9 Å². The van der Waals surface area contributed by atoms with Crippen LogP contribution in [0.5, 0.6) is 0 Å². The fourth-order valence-corrected chi connectivity index (χ4v) is 3.44. The molecule has 4 heterocycles. The monoisotopic (exact) mass is 334 g/mol. The first-order valence-electron chi connectivity index (χ1n) is 8.75. The summed E-state index contributed by atoms with van der Waals surface area (Å²) in [5.74, 6) is 2.34. The molecule has 3 aromatic heterocycles. The number of aryl methyl sites for hydroxylation is 1. The minimum atomic E-state index is 0.386. The van der Waals surface area contributed by atoms with Gasteiger partial charge in [0.15, 0.2) is 0 Å². The van der Waals surface area contributed by atoms with Gasteiger partial charge in [0.05, 0.1) is 12.2 Å². The van der Waals surface area contributed by atoms with Crippen LogP contribution in [0, 0.1) is 6.92 Å². The molecule has 1 fully saturated rings. The Labute approximate surface area is 147 Å². The normalized spacial score (nSPS) is 17.6. The van der Waals surface area contributed by atoms with Crippen LogP contribution in [0.4, 0.5) is 5.95 Å². The molecule has 0 N–H and O–H groups in total. The molecule has 4 rings (SSSR count). The molecule has 1 aliphatic heterocycles. The Kier molecular flexibility index (Phi) is 4.41. The Morgan fingerprint density at radius 3 is 2.88 bits per heavy atom. The summed E-state index contributed by atoms with van der Waals surface area (Å²) in [5, 5.41) is 0. The van der Waals surface area contributed by atoms with Crippen molar-refractivity contribution < 1.29 is 0 Å². The Morgan fingerprint density at radius 1 is 1.08 bits per heavy atom. The molecule has 0 amide bonds. The molecular formula is C19H22N6. The minimum absolute atomic E-state index is 0.386. The lowest BCUT2D eigenvalue weighted by Gasteiger charge is -2.32. The Balaban J connectivity index is 1.53. The summed E-state index contributed by atoms with van der Waals surface area (Å²) in [6.45, 7) is 4.67. The van der Waals surface area contributed by atoms with Gasteiger partial charge in [0.1, 0.15) is 5.82 Å². The lowest BCUT2D eigenvalue weighted by atomic mass is 9.97. The molecule has 1 atom stereocenters. The van der Waals surface area contributed by atoms with Crippen molar-refractivity contribution in [2.75, 3.05) is 18.0 Å². The van der Waals surface area contributed by atoms with Crippen molar-refractivity contribution in [2.45, 2.75) is 32.2 Å². The number of hydrogen-bond donors (Lipinski definition) is 0. The third-order valence-corrected chi connectivity index (χ3v) is 4.66. The molecule has 128 valence electrons. The van der Waals surface area contributed by atoms with E-state index in [4.69, 9.17) is 0 Å². The zero-order valence-corrected chi connectivity index (χ0v) is 14.4. The first kappa shape index (κ1) is 15.7. The van der Waals surface area contributed by atoms with Gasteiger partial charge in [-0.3, -0.25) is 4.98 Å². The molecule has 3 aromatic rings. The highest BCUT2D eigenvalue weighted by molar-refractivity contribution is 5.32. The number of hydrogen-bond acceptors (Lipinski definition) is 5. The van der Waals surface area contributed by atoms with Gasteiger partial charge in [0, 0.05) is 49.5 Å². The van der Waals surface area contributed by atoms with Crippen LogP contribution in [0.2, 0.25) is 0 Å². The average molecular weight is 334 g/mol. The number of anilines is 1. The molecule has 1 saturated heterocycles. The van der Waals surface area contributed by atoms with E-state index in [2.05, 4.69) is 35.5 Å². The molecule has 1 aliphatic rings. The fourth-order valence-electron chi connectivity index (χ4n) is 3.44. The van der Waals surface area contributed by atoms with Crippen molar-refractivity contribution in [3.05, 3.63) is 66.3 Å². The number of aromatic nitrogens is 5. The zero-order chi connectivity index (χ0) is 17.1. The second-order valence-electron chi connectivity index (χ2n) is 6.52. The van der Waals surface area contributed by atoms with Crippen LogP contribution < -0.4 is 4.90 Å². The van der Waals surface area contributed by atoms with Gasteiger partial charge in [-0.2, -0.15) is 0 Å². The van der Waals surface area contributed by atoms with Crippen LogP contribution in [0.15, 0.2) is 49.1 Å². The zero-order valence-electron chi connectivity index (χ0n) is 14.4. The number of nitrogens with zero attached hydrogens (tertiary/aromatic N) is 6. The maximum Gasteiger partial charge on any atom is 0.225 e. The first-order valence-corrected chi connectivity index (χ1v) is 8.75. The quantitative estimate of drug-likeness (QED) is 0.734. The van der Waals surface area contributed by atoms with E-state index >= 15 is 0 Å². The molecule has 0 radical (unpaired) electrons. The van der Waals surface area contributed by atoms with Crippen molar-refractivity contribution in [3.63, 3.8) is 0 Å². The second-order valence-corrected chi connectivity index (χ2v) is 6.52. The molecule has 25 heavy (non-hydrogen) atoms. The smallest absolute Gasteiger partial charge is 0.225 e. The van der Waals surface area contributed by atoms with Crippen molar-refractivity contribution in [3.8, 4) is 0 Å². The summed E-state index contributed by atoms with van der Waals surface area (Å²) in [6, 6.07) is 7.96. The van der Waals surface area contributed by atoms with Gasteiger partial charge < -0.3 is 9.47 Å². The topological polar surface area (TPSA) is 59.7 Å². The number of rotatable bonds is 4. The molecule has 6 nitrogen and oxygen atoms in total. The van der Waals surface area contributed by atoms with Crippen molar-refractivity contribution in [1.82, 2.24) is 24.5 Å². The standard InChI is InChI=1S/C19H22N6/c1-15-7-9-22-19(23-15)25-11-4-5-16(13-25)18-21-10-12-24(18)14-17-6-2-3-8-20-17/h2-3,6-10,12,16H,4-5,11,13-14H2,1H3/t16-/m0/s1. The fraction of sp³-hybridized carbons (Fsp3) is 0.368. The minimum Gasteiger partial charge on any atom is -0.340 e. The second kappa shape index (κ2) is 7.01. The van der Waals surface area contributed by atoms with E-state index in [0.717, 1.165) is 55.6 Å². The van der Waals surface area contributed by atoms with Crippen LogP contribution >= 0.6 is 0 Å². The van der Waals surface area contributed by atoms with Crippen LogP contribution in [0.1, 0.15) is 36.0 Å². The molecule has 0 aliphatic carbocycles. The third kappa shape index (κ3) is 3.52. The summed E-state index contributed by atoms with van der Waals surface area (Å²) in [5.41, 5.74) is 2.06. The van der Waals surface area contributed by atoms with Gasteiger partial charge in [-0.1, -0.05) is 6.07 Å². The van der Waals surface area contributed by atoms with Crippen LogP contribution in [0.3, 0.4) is 0 Å². The summed E-state index contributed by atoms with van der Waals surface area (Å²) in [4.78, 5) is 20.4. The van der Waals surface area contributed by atoms with E-state index in [-0.39, 0.29) is 0 Å². The van der Waals surface area contributed by atoms with Gasteiger partial charge in [-0.15, -0.1) is 0 Å². The third-order valence-electron chi connectivity index (χ3n) is 4.66. The Morgan fingerprint density at radius 2 is 2.04 bits per heavy atom. The van der Waals surface area contributed by atoms with Gasteiger partial charge in [-0.25, -0.2) is 15.0 Å². The highest BCUT2D eigenvalue weighted by atomic mass is 15.3. The highest BCUT2D eigenvalue weighted by Gasteiger charge is 2.26. The summed E-state index contributed by atoms with van der Waals surface area (Å²) >= 11 is 0. The van der Waals surface area contributed by atoms with Crippen LogP contribution in [-0.4, -0.2) is 37.6 Å². The van der Waals surface area contributed by atoms with Gasteiger partial charge >= 0.3 is 0 Å². The Hall–Kier alpha value is -2.76. The van der Waals surface area contributed by atoms with Crippen molar-refractivity contribution in [1.29, 1.82) is 0 Å². The molecule has 0 aromatic carbocycles. The summed E-state index contributed by atoms with van der Waals surface area (Å²) in [7, 11) is 0. The molecule has 0 bridgehead atoms. The maximum atomic E-state index is 4.65. The summed E-state index contributed by atoms with van der Waals surface area (Å²) in [6.07, 6.45) is 9.87. The molecule has 0 saturated carbocycles. The molecule has 6 heteroatoms. The number of piperidine rings is 1.